The maximum Gasteiger partial charge on any atom is 0.573 e. The number of nitrogens with zero attached hydrogens (tertiary/aromatic N) is 2. The minimum atomic E-state index is -4.84. The monoisotopic (exact) mass is 284 g/mol. The molecule has 0 spiro atoms. The third-order valence-electron chi connectivity index (χ3n) is 2.25. The van der Waals surface area contributed by atoms with Gasteiger partial charge < -0.3 is 9.84 Å². The number of rotatable bonds is 3. The molecule has 1 heterocycles. The first-order chi connectivity index (χ1) is 9.37. The van der Waals surface area contributed by atoms with E-state index in [1.54, 1.807) is 0 Å². The van der Waals surface area contributed by atoms with Crippen molar-refractivity contribution >= 4 is 5.97 Å². The highest BCUT2D eigenvalue weighted by Gasteiger charge is 2.32. The Bertz CT molecular complexity index is 627. The number of ether oxygens (including phenoxy) is 1. The van der Waals surface area contributed by atoms with Crippen LogP contribution in [0.1, 0.15) is 10.4 Å². The summed E-state index contributed by atoms with van der Waals surface area (Å²) >= 11 is 0. The van der Waals surface area contributed by atoms with E-state index in [0.717, 1.165) is 18.5 Å². The van der Waals surface area contributed by atoms with E-state index in [1.807, 2.05) is 0 Å². The molecule has 0 saturated heterocycles. The highest BCUT2D eigenvalue weighted by Crippen LogP contribution is 2.31. The second-order valence-corrected chi connectivity index (χ2v) is 3.64. The number of carbonyl (C=O) groups is 1. The fourth-order valence-electron chi connectivity index (χ4n) is 1.44. The minimum Gasteiger partial charge on any atom is -0.478 e. The summed E-state index contributed by atoms with van der Waals surface area (Å²) in [5.74, 6) is -1.74. The number of aromatic carboxylic acids is 1. The maximum atomic E-state index is 12.3. The molecular formula is C12H7F3N2O3. The second kappa shape index (κ2) is 5.16. The number of hydrogen-bond donors (Lipinski definition) is 1. The van der Waals surface area contributed by atoms with Gasteiger partial charge in [-0.3, -0.25) is 0 Å². The number of hydrogen-bond acceptors (Lipinski definition) is 4. The zero-order valence-corrected chi connectivity index (χ0v) is 9.76. The molecule has 0 saturated carbocycles. The number of para-hydroxylation sites is 1. The molecule has 0 amide bonds. The van der Waals surface area contributed by atoms with Gasteiger partial charge in [0.15, 0.2) is 5.82 Å². The Labute approximate surface area is 110 Å². The highest BCUT2D eigenvalue weighted by molar-refractivity contribution is 5.87. The molecule has 0 radical (unpaired) electrons. The van der Waals surface area contributed by atoms with Crippen LogP contribution < -0.4 is 4.74 Å². The molecule has 5 nitrogen and oxygen atoms in total. The van der Waals surface area contributed by atoms with Gasteiger partial charge in [0.2, 0.25) is 0 Å². The molecule has 0 bridgehead atoms. The van der Waals surface area contributed by atoms with Crippen LogP contribution in [0.25, 0.3) is 11.4 Å². The van der Waals surface area contributed by atoms with Gasteiger partial charge >= 0.3 is 12.3 Å². The van der Waals surface area contributed by atoms with E-state index >= 15 is 0 Å². The van der Waals surface area contributed by atoms with E-state index in [2.05, 4.69) is 14.7 Å². The largest absolute Gasteiger partial charge is 0.573 e. The van der Waals surface area contributed by atoms with Crippen molar-refractivity contribution in [2.24, 2.45) is 0 Å². The first-order valence-electron chi connectivity index (χ1n) is 5.27. The van der Waals surface area contributed by atoms with Gasteiger partial charge in [0, 0.05) is 12.4 Å². The third kappa shape index (κ3) is 3.22. The molecule has 2 rings (SSSR count). The fraction of sp³-hybridized carbons (Fsp3) is 0.0833. The summed E-state index contributed by atoms with van der Waals surface area (Å²) in [7, 11) is 0. The van der Waals surface area contributed by atoms with Gasteiger partial charge in [-0.1, -0.05) is 12.1 Å². The Kier molecular flexibility index (Phi) is 3.55. The lowest BCUT2D eigenvalue weighted by atomic mass is 10.2. The molecule has 0 unspecified atom stereocenters. The topological polar surface area (TPSA) is 72.3 Å². The summed E-state index contributed by atoms with van der Waals surface area (Å²) < 4.78 is 40.7. The molecule has 0 atom stereocenters. The minimum absolute atomic E-state index is 0.0155. The van der Waals surface area contributed by atoms with E-state index in [1.165, 1.54) is 18.2 Å². The number of carboxylic acids is 1. The number of aromatic nitrogens is 2. The van der Waals surface area contributed by atoms with E-state index in [-0.39, 0.29) is 17.0 Å². The second-order valence-electron chi connectivity index (χ2n) is 3.64. The zero-order valence-electron chi connectivity index (χ0n) is 9.76. The van der Waals surface area contributed by atoms with Crippen LogP contribution in [-0.2, 0) is 0 Å². The molecule has 0 aliphatic heterocycles. The highest BCUT2D eigenvalue weighted by atomic mass is 19.4. The van der Waals surface area contributed by atoms with Gasteiger partial charge in [0.25, 0.3) is 0 Å². The van der Waals surface area contributed by atoms with Gasteiger partial charge in [-0.25, -0.2) is 14.8 Å². The number of carboxylic acid groups (broad SMARTS) is 1. The van der Waals surface area contributed by atoms with Crippen LogP contribution in [0.2, 0.25) is 0 Å². The van der Waals surface area contributed by atoms with Crippen molar-refractivity contribution < 1.29 is 27.8 Å². The molecule has 1 aromatic heterocycles. The average molecular weight is 284 g/mol. The maximum absolute atomic E-state index is 12.3. The molecule has 0 aliphatic rings. The molecule has 104 valence electrons. The van der Waals surface area contributed by atoms with Crippen molar-refractivity contribution in [1.82, 2.24) is 9.97 Å². The number of alkyl halides is 3. The summed E-state index contributed by atoms with van der Waals surface area (Å²) in [6.45, 7) is 0. The third-order valence-corrected chi connectivity index (χ3v) is 2.25. The molecule has 20 heavy (non-hydrogen) atoms. The predicted molar refractivity (Wildman–Crippen MR) is 61.1 cm³/mol. The van der Waals surface area contributed by atoms with Crippen LogP contribution in [0.4, 0.5) is 13.2 Å². The summed E-state index contributed by atoms with van der Waals surface area (Å²) in [6, 6.07) is 5.33. The summed E-state index contributed by atoms with van der Waals surface area (Å²) in [6.07, 6.45) is -2.82. The Hall–Kier alpha value is -2.64. The van der Waals surface area contributed by atoms with Gasteiger partial charge in [-0.2, -0.15) is 0 Å². The van der Waals surface area contributed by atoms with Crippen LogP contribution >= 0.6 is 0 Å². The van der Waals surface area contributed by atoms with Crippen molar-refractivity contribution in [3.05, 3.63) is 42.2 Å². The SMILES string of the molecule is O=C(O)c1cnc(-c2ccccc2OC(F)(F)F)nc1. The van der Waals surface area contributed by atoms with Crippen molar-refractivity contribution in [1.29, 1.82) is 0 Å². The molecule has 0 fully saturated rings. The Morgan fingerprint density at radius 3 is 2.30 bits per heavy atom. The molecule has 2 aromatic rings. The molecule has 8 heteroatoms. The lowest BCUT2D eigenvalue weighted by Crippen LogP contribution is -2.17. The summed E-state index contributed by atoms with van der Waals surface area (Å²) in [5.41, 5.74) is -0.148. The van der Waals surface area contributed by atoms with Crippen molar-refractivity contribution in [2.75, 3.05) is 0 Å². The zero-order chi connectivity index (χ0) is 14.8. The molecule has 1 N–H and O–H groups in total. The van der Waals surface area contributed by atoms with E-state index in [4.69, 9.17) is 5.11 Å². The first kappa shape index (κ1) is 13.8. The van der Waals surface area contributed by atoms with Crippen molar-refractivity contribution in [3.8, 4) is 17.1 Å². The number of benzene rings is 1. The van der Waals surface area contributed by atoms with Gasteiger partial charge in [0.05, 0.1) is 11.1 Å². The lowest BCUT2D eigenvalue weighted by molar-refractivity contribution is -0.274. The lowest BCUT2D eigenvalue weighted by Gasteiger charge is -2.12. The van der Waals surface area contributed by atoms with Crippen molar-refractivity contribution in [2.45, 2.75) is 6.36 Å². The van der Waals surface area contributed by atoms with E-state index in [0.29, 0.717) is 0 Å². The predicted octanol–water partition coefficient (Wildman–Crippen LogP) is 2.74. The van der Waals surface area contributed by atoms with Crippen molar-refractivity contribution in [3.63, 3.8) is 0 Å². The molecule has 0 aliphatic carbocycles. The van der Waals surface area contributed by atoms with Gasteiger partial charge in [-0.15, -0.1) is 13.2 Å². The van der Waals surface area contributed by atoms with Crippen LogP contribution in [0.15, 0.2) is 36.7 Å². The molecular weight excluding hydrogens is 277 g/mol. The van der Waals surface area contributed by atoms with E-state index < -0.39 is 18.1 Å². The van der Waals surface area contributed by atoms with E-state index in [9.17, 15) is 18.0 Å². The van der Waals surface area contributed by atoms with Crippen LogP contribution in [0.5, 0.6) is 5.75 Å². The number of halogens is 3. The normalized spacial score (nSPS) is 11.2. The van der Waals surface area contributed by atoms with Gasteiger partial charge in [0.1, 0.15) is 5.75 Å². The summed E-state index contributed by atoms with van der Waals surface area (Å²) in [4.78, 5) is 18.1. The standard InChI is InChI=1S/C12H7F3N2O3/c13-12(14,15)20-9-4-2-1-3-8(9)10-16-5-7(6-17-10)11(18)19/h1-6H,(H,18,19). The van der Waals surface area contributed by atoms with Crippen LogP contribution in [-0.4, -0.2) is 27.4 Å². The van der Waals surface area contributed by atoms with Crippen LogP contribution in [0.3, 0.4) is 0 Å². The Morgan fingerprint density at radius 1 is 1.15 bits per heavy atom. The fourth-order valence-corrected chi connectivity index (χ4v) is 1.44. The van der Waals surface area contributed by atoms with Crippen LogP contribution in [0, 0.1) is 0 Å². The first-order valence-corrected chi connectivity index (χ1v) is 5.27. The van der Waals surface area contributed by atoms with Gasteiger partial charge in [-0.05, 0) is 12.1 Å². The molecule has 1 aromatic carbocycles. The Balaban J connectivity index is 2.39. The quantitative estimate of drug-likeness (QED) is 0.938. The average Bonchev–Trinajstić information content (AvgIpc) is 2.37. The Morgan fingerprint density at radius 2 is 1.75 bits per heavy atom. The summed E-state index contributed by atoms with van der Waals surface area (Å²) in [5, 5.41) is 8.70. The smallest absolute Gasteiger partial charge is 0.478 e.